The van der Waals surface area contributed by atoms with Crippen molar-refractivity contribution in [2.45, 2.75) is 32.4 Å². The first-order chi connectivity index (χ1) is 11.5. The maximum absolute atomic E-state index is 10.4. The van der Waals surface area contributed by atoms with Crippen molar-refractivity contribution in [2.75, 3.05) is 47.4 Å². The van der Waals surface area contributed by atoms with E-state index in [2.05, 4.69) is 16.7 Å². The molecule has 0 bridgehead atoms. The van der Waals surface area contributed by atoms with Crippen molar-refractivity contribution in [1.82, 2.24) is 9.80 Å². The number of hydrogen-bond donors (Lipinski definition) is 1. The quantitative estimate of drug-likeness (QED) is 0.789. The first-order valence-electron chi connectivity index (χ1n) is 8.81. The molecule has 1 fully saturated rings. The summed E-state index contributed by atoms with van der Waals surface area (Å²) < 4.78 is 10.7. The fourth-order valence-corrected chi connectivity index (χ4v) is 3.30. The number of likely N-dealkylation sites (N-methyl/N-ethyl adjacent to an activating group) is 1. The molecule has 24 heavy (non-hydrogen) atoms. The normalized spacial score (nSPS) is 17.9. The van der Waals surface area contributed by atoms with Crippen LogP contribution in [-0.4, -0.2) is 68.5 Å². The van der Waals surface area contributed by atoms with E-state index in [1.807, 2.05) is 25.2 Å². The summed E-state index contributed by atoms with van der Waals surface area (Å²) in [6.45, 7) is 6.67. The van der Waals surface area contributed by atoms with Gasteiger partial charge in [0.25, 0.3) is 0 Å². The highest BCUT2D eigenvalue weighted by atomic mass is 16.5. The molecule has 0 radical (unpaired) electrons. The van der Waals surface area contributed by atoms with Gasteiger partial charge in [0, 0.05) is 31.3 Å². The van der Waals surface area contributed by atoms with Crippen LogP contribution in [0, 0.1) is 5.92 Å². The molecular weight excluding hydrogens is 304 g/mol. The number of hydrogen-bond acceptors (Lipinski definition) is 5. The number of nitrogens with zero attached hydrogens (tertiary/aromatic N) is 2. The number of ether oxygens (including phenoxy) is 2. The van der Waals surface area contributed by atoms with Gasteiger partial charge in [0.1, 0.15) is 11.5 Å². The van der Waals surface area contributed by atoms with Gasteiger partial charge >= 0.3 is 0 Å². The van der Waals surface area contributed by atoms with Gasteiger partial charge in [-0.3, -0.25) is 4.90 Å². The van der Waals surface area contributed by atoms with Crippen LogP contribution in [-0.2, 0) is 6.54 Å². The molecule has 1 atom stereocenters. The van der Waals surface area contributed by atoms with Gasteiger partial charge in [-0.05, 0) is 45.0 Å². The molecule has 0 amide bonds. The lowest BCUT2D eigenvalue weighted by atomic mass is 9.99. The van der Waals surface area contributed by atoms with Crippen molar-refractivity contribution in [3.05, 3.63) is 23.8 Å². The second-order valence-electron chi connectivity index (χ2n) is 7.01. The van der Waals surface area contributed by atoms with E-state index in [9.17, 15) is 5.11 Å². The first kappa shape index (κ1) is 19.0. The lowest BCUT2D eigenvalue weighted by Gasteiger charge is -2.32. The van der Waals surface area contributed by atoms with Crippen molar-refractivity contribution < 1.29 is 14.6 Å². The lowest BCUT2D eigenvalue weighted by molar-refractivity contribution is 0.0661. The second-order valence-corrected chi connectivity index (χ2v) is 7.01. The Bertz CT molecular complexity index is 501. The molecule has 1 N–H and O–H groups in total. The van der Waals surface area contributed by atoms with E-state index in [4.69, 9.17) is 9.47 Å². The van der Waals surface area contributed by atoms with Crippen LogP contribution in [0.1, 0.15) is 25.3 Å². The van der Waals surface area contributed by atoms with Crippen molar-refractivity contribution in [1.29, 1.82) is 0 Å². The van der Waals surface area contributed by atoms with Gasteiger partial charge in [-0.1, -0.05) is 13.0 Å². The monoisotopic (exact) mass is 336 g/mol. The Kier molecular flexibility index (Phi) is 7.34. The molecule has 1 aliphatic heterocycles. The van der Waals surface area contributed by atoms with Gasteiger partial charge in [-0.25, -0.2) is 0 Å². The molecular formula is C19H32N2O3. The number of piperidine rings is 1. The summed E-state index contributed by atoms with van der Waals surface area (Å²) >= 11 is 0. The second kappa shape index (κ2) is 9.25. The van der Waals surface area contributed by atoms with E-state index in [0.717, 1.165) is 49.2 Å². The Labute approximate surface area is 146 Å². The Balaban J connectivity index is 1.82. The topological polar surface area (TPSA) is 45.2 Å². The summed E-state index contributed by atoms with van der Waals surface area (Å²) in [5.74, 6) is 2.43. The van der Waals surface area contributed by atoms with E-state index in [1.54, 1.807) is 14.2 Å². The zero-order valence-corrected chi connectivity index (χ0v) is 15.5. The molecule has 1 unspecified atom stereocenters. The molecule has 136 valence electrons. The minimum absolute atomic E-state index is 0.326. The minimum Gasteiger partial charge on any atom is -0.497 e. The van der Waals surface area contributed by atoms with Crippen LogP contribution in [0.4, 0.5) is 0 Å². The van der Waals surface area contributed by atoms with Crippen LogP contribution in [0.15, 0.2) is 18.2 Å². The maximum Gasteiger partial charge on any atom is 0.127 e. The number of β-amino-alcohol motifs (C(OH)–C–C–N with tert-alkyl or cyclic N) is 1. The standard InChI is InChI=1S/C19H32N2O3/c1-15-7-9-21(10-8-15)14-17(22)13-20(2)12-16-5-6-18(23-3)11-19(16)24-4/h5-6,11,15,17,22H,7-10,12-14H2,1-4H3. The summed E-state index contributed by atoms with van der Waals surface area (Å²) in [6.07, 6.45) is 2.16. The highest BCUT2D eigenvalue weighted by Gasteiger charge is 2.19. The van der Waals surface area contributed by atoms with Crippen molar-refractivity contribution in [2.24, 2.45) is 5.92 Å². The molecule has 0 aliphatic carbocycles. The highest BCUT2D eigenvalue weighted by Crippen LogP contribution is 2.25. The molecule has 1 saturated heterocycles. The first-order valence-corrected chi connectivity index (χ1v) is 8.81. The van der Waals surface area contributed by atoms with Crippen molar-refractivity contribution in [3.8, 4) is 11.5 Å². The summed E-state index contributed by atoms with van der Waals surface area (Å²) in [7, 11) is 5.36. The summed E-state index contributed by atoms with van der Waals surface area (Å²) in [5.41, 5.74) is 1.10. The van der Waals surface area contributed by atoms with E-state index >= 15 is 0 Å². The Morgan fingerprint density at radius 1 is 1.25 bits per heavy atom. The summed E-state index contributed by atoms with van der Waals surface area (Å²) in [5, 5.41) is 10.4. The van der Waals surface area contributed by atoms with E-state index in [1.165, 1.54) is 12.8 Å². The van der Waals surface area contributed by atoms with Gasteiger partial charge in [-0.2, -0.15) is 0 Å². The van der Waals surface area contributed by atoms with Gasteiger partial charge < -0.3 is 19.5 Å². The molecule has 1 aromatic rings. The van der Waals surface area contributed by atoms with Crippen molar-refractivity contribution >= 4 is 0 Å². The fraction of sp³-hybridized carbons (Fsp3) is 0.684. The predicted octanol–water partition coefficient (Wildman–Crippen LogP) is 2.23. The van der Waals surface area contributed by atoms with Crippen LogP contribution < -0.4 is 9.47 Å². The highest BCUT2D eigenvalue weighted by molar-refractivity contribution is 5.40. The van der Waals surface area contributed by atoms with Crippen molar-refractivity contribution in [3.63, 3.8) is 0 Å². The third kappa shape index (κ3) is 5.65. The molecule has 0 spiro atoms. The molecule has 2 rings (SSSR count). The molecule has 1 heterocycles. The van der Waals surface area contributed by atoms with Gasteiger partial charge in [0.2, 0.25) is 0 Å². The predicted molar refractivity (Wildman–Crippen MR) is 96.7 cm³/mol. The smallest absolute Gasteiger partial charge is 0.127 e. The third-order valence-electron chi connectivity index (χ3n) is 4.80. The number of rotatable bonds is 8. The maximum atomic E-state index is 10.4. The number of aliphatic hydroxyl groups is 1. The third-order valence-corrected chi connectivity index (χ3v) is 4.80. The zero-order valence-electron chi connectivity index (χ0n) is 15.5. The molecule has 0 saturated carbocycles. The van der Waals surface area contributed by atoms with Crippen LogP contribution >= 0.6 is 0 Å². The number of methoxy groups -OCH3 is 2. The van der Waals surface area contributed by atoms with E-state index in [-0.39, 0.29) is 6.10 Å². The van der Waals surface area contributed by atoms with Gasteiger partial charge in [0.15, 0.2) is 0 Å². The van der Waals surface area contributed by atoms with E-state index in [0.29, 0.717) is 6.54 Å². The molecule has 1 aromatic carbocycles. The Hall–Kier alpha value is -1.30. The Morgan fingerprint density at radius 3 is 2.58 bits per heavy atom. The molecule has 1 aliphatic rings. The number of likely N-dealkylation sites (tertiary alicyclic amines) is 1. The van der Waals surface area contributed by atoms with Gasteiger partial charge in [0.05, 0.1) is 20.3 Å². The van der Waals surface area contributed by atoms with Crippen LogP contribution in [0.25, 0.3) is 0 Å². The number of benzene rings is 1. The SMILES string of the molecule is COc1ccc(CN(C)CC(O)CN2CCC(C)CC2)c(OC)c1. The van der Waals surface area contributed by atoms with Crippen LogP contribution in [0.5, 0.6) is 11.5 Å². The molecule has 0 aromatic heterocycles. The molecule has 5 nitrogen and oxygen atoms in total. The van der Waals surface area contributed by atoms with E-state index < -0.39 is 0 Å². The fourth-order valence-electron chi connectivity index (χ4n) is 3.30. The average molecular weight is 336 g/mol. The van der Waals surface area contributed by atoms with Crippen LogP contribution in [0.3, 0.4) is 0 Å². The average Bonchev–Trinajstić information content (AvgIpc) is 2.57. The number of aliphatic hydroxyl groups excluding tert-OH is 1. The lowest BCUT2D eigenvalue weighted by Crippen LogP contribution is -2.42. The van der Waals surface area contributed by atoms with Crippen LogP contribution in [0.2, 0.25) is 0 Å². The summed E-state index contributed by atoms with van der Waals surface area (Å²) in [4.78, 5) is 4.52. The zero-order chi connectivity index (χ0) is 17.5. The molecule has 5 heteroatoms. The van der Waals surface area contributed by atoms with Gasteiger partial charge in [-0.15, -0.1) is 0 Å². The largest absolute Gasteiger partial charge is 0.497 e. The summed E-state index contributed by atoms with van der Waals surface area (Å²) in [6, 6.07) is 5.86. The Morgan fingerprint density at radius 2 is 1.96 bits per heavy atom. The minimum atomic E-state index is -0.326.